The van der Waals surface area contributed by atoms with Crippen molar-refractivity contribution in [2.75, 3.05) is 17.7 Å². The molecule has 1 saturated carbocycles. The van der Waals surface area contributed by atoms with Crippen LogP contribution in [0.1, 0.15) is 43.7 Å². The molecule has 0 aliphatic heterocycles. The van der Waals surface area contributed by atoms with Crippen LogP contribution in [-0.2, 0) is 20.8 Å². The van der Waals surface area contributed by atoms with Crippen molar-refractivity contribution >= 4 is 23.1 Å². The zero-order chi connectivity index (χ0) is 36.0. The number of ketones is 1. The Morgan fingerprint density at radius 1 is 0.660 bits per heavy atom. The number of halogens is 12. The molecule has 262 valence electrons. The smallest absolute Gasteiger partial charge is 0.430 e. The van der Waals surface area contributed by atoms with E-state index in [0.717, 1.165) is 7.05 Å². The SMILES string of the molecule is CNc1ccc(Oc2ccc(NC(=O)C3CCC(C(C)=O)CC3)c(C(O)(C(F)(F)F)C(F)(F)F)c2)cc1C(O)(C(F)(F)F)C(F)(F)F. The first-order valence-electron chi connectivity index (χ1n) is 13.5. The van der Waals surface area contributed by atoms with Gasteiger partial charge < -0.3 is 25.6 Å². The molecule has 47 heavy (non-hydrogen) atoms. The molecule has 0 atom stereocenters. The summed E-state index contributed by atoms with van der Waals surface area (Å²) in [5.74, 6) is -4.62. The van der Waals surface area contributed by atoms with Crippen molar-refractivity contribution in [1.29, 1.82) is 0 Å². The van der Waals surface area contributed by atoms with Crippen LogP contribution in [0.2, 0.25) is 0 Å². The number of benzene rings is 2. The molecule has 4 N–H and O–H groups in total. The number of rotatable bonds is 8. The molecule has 3 rings (SSSR count). The van der Waals surface area contributed by atoms with E-state index in [0.29, 0.717) is 24.3 Å². The number of alkyl halides is 12. The summed E-state index contributed by atoms with van der Waals surface area (Å²) in [6.07, 6.45) is -25.2. The van der Waals surface area contributed by atoms with Gasteiger partial charge >= 0.3 is 24.7 Å². The molecule has 0 spiro atoms. The highest BCUT2D eigenvalue weighted by molar-refractivity contribution is 5.94. The molecule has 0 radical (unpaired) electrons. The number of aliphatic hydroxyl groups is 2. The predicted octanol–water partition coefficient (Wildman–Crippen LogP) is 7.48. The van der Waals surface area contributed by atoms with E-state index in [1.54, 1.807) is 0 Å². The van der Waals surface area contributed by atoms with Crippen LogP contribution in [0.3, 0.4) is 0 Å². The fourth-order valence-corrected chi connectivity index (χ4v) is 5.16. The van der Waals surface area contributed by atoms with E-state index < -0.39 is 87.7 Å². The molecule has 1 aliphatic carbocycles. The second-order valence-electron chi connectivity index (χ2n) is 10.8. The van der Waals surface area contributed by atoms with Gasteiger partial charge in [0.1, 0.15) is 17.3 Å². The first-order valence-corrected chi connectivity index (χ1v) is 13.5. The molecule has 0 bridgehead atoms. The second kappa shape index (κ2) is 12.7. The Labute approximate surface area is 257 Å². The highest BCUT2D eigenvalue weighted by atomic mass is 19.4. The second-order valence-corrected chi connectivity index (χ2v) is 10.8. The maximum atomic E-state index is 13.9. The number of hydrogen-bond acceptors (Lipinski definition) is 6. The fourth-order valence-electron chi connectivity index (χ4n) is 5.16. The van der Waals surface area contributed by atoms with Crippen LogP contribution in [0.25, 0.3) is 0 Å². The van der Waals surface area contributed by atoms with E-state index in [2.05, 4.69) is 0 Å². The molecule has 0 unspecified atom stereocenters. The standard InChI is InChI=1S/C28H26F12N2O5/c1-13(43)14-3-5-15(6-4-14)22(44)42-21-10-8-17(12-19(21)24(46,27(35,36)37)28(38,39)40)47-16-7-9-20(41-2)18(11-16)23(45,25(29,30)31)26(32,33)34/h7-12,14-15,41,45-46H,3-6H2,1-2H3,(H,42,44). The van der Waals surface area contributed by atoms with Gasteiger partial charge in [-0.1, -0.05) is 0 Å². The van der Waals surface area contributed by atoms with Crippen molar-refractivity contribution in [3.8, 4) is 11.5 Å². The molecular formula is C28H26F12N2O5. The molecule has 2 aromatic carbocycles. The first-order chi connectivity index (χ1) is 21.3. The lowest BCUT2D eigenvalue weighted by atomic mass is 9.80. The molecule has 0 heterocycles. The summed E-state index contributed by atoms with van der Waals surface area (Å²) < 4.78 is 170. The van der Waals surface area contributed by atoms with Gasteiger partial charge in [0.25, 0.3) is 11.2 Å². The van der Waals surface area contributed by atoms with Crippen molar-refractivity contribution < 1.29 is 77.2 Å². The van der Waals surface area contributed by atoms with Crippen LogP contribution < -0.4 is 15.4 Å². The molecule has 0 saturated heterocycles. The number of nitrogens with one attached hydrogen (secondary N) is 2. The highest BCUT2D eigenvalue weighted by Gasteiger charge is 2.73. The highest BCUT2D eigenvalue weighted by Crippen LogP contribution is 2.54. The molecule has 0 aromatic heterocycles. The number of anilines is 2. The van der Waals surface area contributed by atoms with Gasteiger partial charge in [-0.2, -0.15) is 52.7 Å². The molecule has 1 aliphatic rings. The van der Waals surface area contributed by atoms with E-state index >= 15 is 0 Å². The molecule has 1 fully saturated rings. The van der Waals surface area contributed by atoms with Crippen LogP contribution in [0.15, 0.2) is 36.4 Å². The van der Waals surface area contributed by atoms with Gasteiger partial charge in [0.2, 0.25) is 5.91 Å². The van der Waals surface area contributed by atoms with E-state index in [1.165, 1.54) is 6.92 Å². The van der Waals surface area contributed by atoms with Gasteiger partial charge in [-0.15, -0.1) is 0 Å². The first kappa shape index (κ1) is 37.7. The molecule has 19 heteroatoms. The Hall–Kier alpha value is -3.74. The molecular weight excluding hydrogens is 672 g/mol. The third kappa shape index (κ3) is 7.09. The minimum atomic E-state index is -6.49. The lowest BCUT2D eigenvalue weighted by Crippen LogP contribution is -2.54. The number of hydrogen-bond donors (Lipinski definition) is 4. The summed E-state index contributed by atoms with van der Waals surface area (Å²) in [5.41, 5.74) is -17.2. The summed E-state index contributed by atoms with van der Waals surface area (Å²) in [4.78, 5) is 24.5. The summed E-state index contributed by atoms with van der Waals surface area (Å²) in [5, 5.41) is 23.9. The third-order valence-electron chi connectivity index (χ3n) is 7.84. The Kier molecular flexibility index (Phi) is 10.2. The van der Waals surface area contributed by atoms with Crippen LogP contribution in [-0.4, -0.2) is 53.7 Å². The fraction of sp³-hybridized carbons (Fsp3) is 0.500. The van der Waals surface area contributed by atoms with E-state index in [-0.39, 0.29) is 43.6 Å². The van der Waals surface area contributed by atoms with Crippen LogP contribution in [0.4, 0.5) is 64.1 Å². The topological polar surface area (TPSA) is 108 Å². The normalized spacial score (nSPS) is 18.5. The monoisotopic (exact) mass is 698 g/mol. The Morgan fingerprint density at radius 3 is 1.38 bits per heavy atom. The maximum Gasteiger partial charge on any atom is 0.430 e. The number of carbonyl (C=O) groups excluding carboxylic acids is 2. The van der Waals surface area contributed by atoms with Gasteiger partial charge in [-0.05, 0) is 69.0 Å². The average molecular weight is 699 g/mol. The average Bonchev–Trinajstić information content (AvgIpc) is 2.94. The predicted molar refractivity (Wildman–Crippen MR) is 139 cm³/mol. The van der Waals surface area contributed by atoms with Crippen molar-refractivity contribution in [3.63, 3.8) is 0 Å². The van der Waals surface area contributed by atoms with Crippen LogP contribution in [0, 0.1) is 11.8 Å². The summed E-state index contributed by atoms with van der Waals surface area (Å²) in [6, 6.07) is 2.30. The third-order valence-corrected chi connectivity index (χ3v) is 7.84. The molecule has 7 nitrogen and oxygen atoms in total. The Morgan fingerprint density at radius 2 is 1.02 bits per heavy atom. The van der Waals surface area contributed by atoms with Crippen molar-refractivity contribution in [2.45, 2.75) is 68.5 Å². The quantitative estimate of drug-likeness (QED) is 0.213. The largest absolute Gasteiger partial charge is 0.457 e. The number of ether oxygens (including phenoxy) is 1. The number of carbonyl (C=O) groups is 2. The summed E-state index contributed by atoms with van der Waals surface area (Å²) >= 11 is 0. The minimum Gasteiger partial charge on any atom is -0.457 e. The van der Waals surface area contributed by atoms with Gasteiger partial charge in [0.05, 0.1) is 0 Å². The summed E-state index contributed by atoms with van der Waals surface area (Å²) in [6.45, 7) is 1.32. The van der Waals surface area contributed by atoms with Crippen LogP contribution in [0.5, 0.6) is 11.5 Å². The van der Waals surface area contributed by atoms with E-state index in [9.17, 15) is 72.5 Å². The Bertz CT molecular complexity index is 1450. The van der Waals surface area contributed by atoms with E-state index in [1.807, 2.05) is 10.6 Å². The minimum absolute atomic E-state index is 0.0132. The van der Waals surface area contributed by atoms with Gasteiger partial charge in [0, 0.05) is 41.4 Å². The van der Waals surface area contributed by atoms with Crippen molar-refractivity contribution in [3.05, 3.63) is 47.5 Å². The van der Waals surface area contributed by atoms with Crippen LogP contribution >= 0.6 is 0 Å². The van der Waals surface area contributed by atoms with E-state index in [4.69, 9.17) is 4.74 Å². The number of amides is 1. The molecule has 1 amide bonds. The number of Topliss-reactive ketones (excluding diaryl/α,β-unsaturated/α-hetero) is 1. The lowest BCUT2D eigenvalue weighted by Gasteiger charge is -2.35. The zero-order valence-electron chi connectivity index (χ0n) is 24.1. The zero-order valence-corrected chi connectivity index (χ0v) is 24.1. The maximum absolute atomic E-state index is 13.9. The van der Waals surface area contributed by atoms with Gasteiger partial charge in [-0.25, -0.2) is 0 Å². The summed E-state index contributed by atoms with van der Waals surface area (Å²) in [7, 11) is 0.899. The molecule has 2 aromatic rings. The van der Waals surface area contributed by atoms with Crippen molar-refractivity contribution in [2.24, 2.45) is 11.8 Å². The van der Waals surface area contributed by atoms with Gasteiger partial charge in [0.15, 0.2) is 0 Å². The lowest BCUT2D eigenvalue weighted by molar-refractivity contribution is -0.376. The Balaban J connectivity index is 2.13. The van der Waals surface area contributed by atoms with Gasteiger partial charge in [-0.3, -0.25) is 9.59 Å². The van der Waals surface area contributed by atoms with Crippen molar-refractivity contribution in [1.82, 2.24) is 0 Å².